The Balaban J connectivity index is 1.33. The highest BCUT2D eigenvalue weighted by atomic mass is 35.5. The van der Waals surface area contributed by atoms with Gasteiger partial charge in [-0.15, -0.1) is 15.3 Å². The van der Waals surface area contributed by atoms with E-state index in [4.69, 9.17) is 20.8 Å². The Kier molecular flexibility index (Phi) is 5.30. The van der Waals surface area contributed by atoms with Gasteiger partial charge >= 0.3 is 5.97 Å². The molecular weight excluding hydrogens is 398 g/mol. The second kappa shape index (κ2) is 8.19. The van der Waals surface area contributed by atoms with Crippen LogP contribution in [-0.4, -0.2) is 31.2 Å². The number of hydrogen-bond donors (Lipinski definition) is 0. The molecule has 0 saturated heterocycles. The van der Waals surface area contributed by atoms with E-state index >= 15 is 0 Å². The van der Waals surface area contributed by atoms with Crippen molar-refractivity contribution in [1.82, 2.24) is 25.2 Å². The number of rotatable bonds is 6. The number of aryl methyl sites for hydroxylation is 1. The Morgan fingerprint density at radius 2 is 1.86 bits per heavy atom. The van der Waals surface area contributed by atoms with Crippen LogP contribution in [0, 0.1) is 0 Å². The number of nitrogens with zero attached hydrogens (tertiary/aromatic N) is 5. The molecule has 0 spiro atoms. The van der Waals surface area contributed by atoms with E-state index in [1.54, 1.807) is 48.5 Å². The summed E-state index contributed by atoms with van der Waals surface area (Å²) in [5.74, 6) is -0.0743. The Morgan fingerprint density at radius 3 is 2.69 bits per heavy atom. The third-order valence-electron chi connectivity index (χ3n) is 4.07. The molecule has 4 rings (SSSR count). The van der Waals surface area contributed by atoms with Crippen molar-refractivity contribution in [1.29, 1.82) is 0 Å². The largest absolute Gasteiger partial charge is 0.456 e. The van der Waals surface area contributed by atoms with E-state index in [2.05, 4.69) is 20.5 Å². The molecule has 0 aliphatic heterocycles. The van der Waals surface area contributed by atoms with Crippen LogP contribution in [0.25, 0.3) is 22.4 Å². The molecule has 0 aliphatic carbocycles. The van der Waals surface area contributed by atoms with Crippen molar-refractivity contribution in [2.24, 2.45) is 0 Å². The zero-order valence-corrected chi connectivity index (χ0v) is 15.7. The number of halogens is 1. The second-order valence-electron chi connectivity index (χ2n) is 6.05. The van der Waals surface area contributed by atoms with Crippen molar-refractivity contribution >= 4 is 28.5 Å². The fraction of sp³-hybridized carbons (Fsp3) is 0.158. The van der Waals surface area contributed by atoms with Gasteiger partial charge in [0.05, 0.1) is 18.4 Å². The minimum absolute atomic E-state index is 0.0505. The first-order chi connectivity index (χ1) is 14.1. The molecule has 0 fully saturated rings. The lowest BCUT2D eigenvalue weighted by molar-refractivity contribution is -0.146. The summed E-state index contributed by atoms with van der Waals surface area (Å²) in [6.45, 7) is -0.118. The molecule has 0 atom stereocenters. The molecule has 4 aromatic rings. The third kappa shape index (κ3) is 4.30. The molecule has 0 bridgehead atoms. The van der Waals surface area contributed by atoms with Crippen LogP contribution in [0.3, 0.4) is 0 Å². The van der Waals surface area contributed by atoms with Crippen LogP contribution in [0.15, 0.2) is 57.7 Å². The van der Waals surface area contributed by atoms with Crippen LogP contribution in [0.2, 0.25) is 5.02 Å². The summed E-state index contributed by atoms with van der Waals surface area (Å²) in [4.78, 5) is 24.3. The number of carbonyl (C=O) groups excluding carboxylic acids is 1. The summed E-state index contributed by atoms with van der Waals surface area (Å²) in [5.41, 5.74) is 0.894. The van der Waals surface area contributed by atoms with Gasteiger partial charge in [-0.05, 0) is 36.4 Å². The van der Waals surface area contributed by atoms with Gasteiger partial charge in [-0.3, -0.25) is 9.59 Å². The van der Waals surface area contributed by atoms with Crippen molar-refractivity contribution < 1.29 is 13.9 Å². The van der Waals surface area contributed by atoms with Crippen molar-refractivity contribution in [2.45, 2.75) is 19.6 Å². The fourth-order valence-electron chi connectivity index (χ4n) is 2.60. The highest BCUT2D eigenvalue weighted by Gasteiger charge is 2.12. The van der Waals surface area contributed by atoms with E-state index in [1.807, 2.05) is 0 Å². The van der Waals surface area contributed by atoms with Crippen LogP contribution < -0.4 is 5.56 Å². The summed E-state index contributed by atoms with van der Waals surface area (Å²) in [6.07, 6.45) is -0.0505. The summed E-state index contributed by atoms with van der Waals surface area (Å²) < 4.78 is 11.7. The maximum absolute atomic E-state index is 12.3. The fourth-order valence-corrected chi connectivity index (χ4v) is 2.73. The number of ether oxygens (including phenoxy) is 1. The van der Waals surface area contributed by atoms with Crippen LogP contribution in [-0.2, 0) is 22.7 Å². The summed E-state index contributed by atoms with van der Waals surface area (Å²) in [6, 6.07) is 13.8. The molecule has 2 aromatic heterocycles. The number of fused-ring (bicyclic) bond motifs is 1. The van der Waals surface area contributed by atoms with Crippen LogP contribution >= 0.6 is 11.6 Å². The normalized spacial score (nSPS) is 10.9. The van der Waals surface area contributed by atoms with E-state index in [-0.39, 0.29) is 31.0 Å². The van der Waals surface area contributed by atoms with Crippen molar-refractivity contribution in [2.75, 3.05) is 0 Å². The predicted octanol–water partition coefficient (Wildman–Crippen LogP) is 2.63. The lowest BCUT2D eigenvalue weighted by Crippen LogP contribution is -2.25. The van der Waals surface area contributed by atoms with Gasteiger partial charge in [-0.1, -0.05) is 28.9 Å². The van der Waals surface area contributed by atoms with Gasteiger partial charge in [-0.2, -0.15) is 0 Å². The number of aromatic nitrogens is 5. The Bertz CT molecular complexity index is 1220. The maximum atomic E-state index is 12.3. The molecule has 9 nitrogen and oxygen atoms in total. The molecule has 0 amide bonds. The molecule has 29 heavy (non-hydrogen) atoms. The average Bonchev–Trinajstić information content (AvgIpc) is 3.21. The van der Waals surface area contributed by atoms with Gasteiger partial charge in [0.25, 0.3) is 11.4 Å². The van der Waals surface area contributed by atoms with E-state index in [0.29, 0.717) is 27.4 Å². The molecule has 2 heterocycles. The highest BCUT2D eigenvalue weighted by molar-refractivity contribution is 6.30. The lowest BCUT2D eigenvalue weighted by atomic mass is 10.2. The number of esters is 1. The van der Waals surface area contributed by atoms with Gasteiger partial charge < -0.3 is 9.15 Å². The maximum Gasteiger partial charge on any atom is 0.308 e. The topological polar surface area (TPSA) is 113 Å². The van der Waals surface area contributed by atoms with Crippen LogP contribution in [0.4, 0.5) is 0 Å². The number of carbonyl (C=O) groups is 1. The lowest BCUT2D eigenvalue weighted by Gasteiger charge is -2.05. The summed E-state index contributed by atoms with van der Waals surface area (Å²) >= 11 is 5.85. The molecular formula is C19H14ClN5O4. The molecule has 0 saturated carbocycles. The molecule has 10 heteroatoms. The monoisotopic (exact) mass is 411 g/mol. The van der Waals surface area contributed by atoms with Gasteiger partial charge in [0, 0.05) is 10.6 Å². The number of benzene rings is 2. The zero-order chi connectivity index (χ0) is 20.2. The Hall–Kier alpha value is -3.59. The van der Waals surface area contributed by atoms with Crippen LogP contribution in [0.1, 0.15) is 12.3 Å². The Labute approximate surface area is 168 Å². The van der Waals surface area contributed by atoms with Gasteiger partial charge in [0.2, 0.25) is 5.89 Å². The Morgan fingerprint density at radius 1 is 1.07 bits per heavy atom. The minimum atomic E-state index is -0.530. The van der Waals surface area contributed by atoms with Gasteiger partial charge in [0.15, 0.2) is 6.61 Å². The van der Waals surface area contributed by atoms with Crippen molar-refractivity contribution in [3.8, 4) is 11.5 Å². The quantitative estimate of drug-likeness (QED) is 0.445. The molecule has 2 aromatic carbocycles. The molecule has 0 radical (unpaired) electrons. The van der Waals surface area contributed by atoms with Gasteiger partial charge in [-0.25, -0.2) is 4.68 Å². The second-order valence-corrected chi connectivity index (χ2v) is 6.49. The molecule has 0 unspecified atom stereocenters. The highest BCUT2D eigenvalue weighted by Crippen LogP contribution is 2.20. The number of hydrogen-bond acceptors (Lipinski definition) is 8. The van der Waals surface area contributed by atoms with Crippen LogP contribution in [0.5, 0.6) is 0 Å². The SMILES string of the molecule is O=C(CCn1nnc2ccccc2c1=O)OCc1nnc(-c2ccc(Cl)cc2)o1. The molecule has 0 N–H and O–H groups in total. The molecule has 146 valence electrons. The molecule has 0 aliphatic rings. The van der Waals surface area contributed by atoms with E-state index < -0.39 is 5.97 Å². The summed E-state index contributed by atoms with van der Waals surface area (Å²) in [7, 11) is 0. The first kappa shape index (κ1) is 18.8. The van der Waals surface area contributed by atoms with E-state index in [9.17, 15) is 9.59 Å². The minimum Gasteiger partial charge on any atom is -0.456 e. The smallest absolute Gasteiger partial charge is 0.308 e. The van der Waals surface area contributed by atoms with Crippen molar-refractivity contribution in [3.05, 3.63) is 69.8 Å². The first-order valence-corrected chi connectivity index (χ1v) is 9.04. The predicted molar refractivity (Wildman–Crippen MR) is 103 cm³/mol. The standard InChI is InChI=1S/C19H14ClN5O4/c20-13-7-5-12(6-8-13)18-23-22-16(29-18)11-28-17(26)9-10-25-19(27)14-3-1-2-4-15(14)21-24-25/h1-8H,9-11H2. The van der Waals surface area contributed by atoms with E-state index in [0.717, 1.165) is 4.68 Å². The third-order valence-corrected chi connectivity index (χ3v) is 4.32. The average molecular weight is 412 g/mol. The van der Waals surface area contributed by atoms with Crippen molar-refractivity contribution in [3.63, 3.8) is 0 Å². The zero-order valence-electron chi connectivity index (χ0n) is 15.0. The van der Waals surface area contributed by atoms with Gasteiger partial charge in [0.1, 0.15) is 5.52 Å². The van der Waals surface area contributed by atoms with E-state index in [1.165, 1.54) is 0 Å². The summed E-state index contributed by atoms with van der Waals surface area (Å²) in [5, 5.41) is 16.6. The first-order valence-electron chi connectivity index (χ1n) is 8.66.